The highest BCUT2D eigenvalue weighted by Gasteiger charge is 2.09. The minimum Gasteiger partial charge on any atom is -0.492 e. The van der Waals surface area contributed by atoms with Gasteiger partial charge in [-0.1, -0.05) is 6.92 Å². The molecule has 1 unspecified atom stereocenters. The molecule has 0 aliphatic carbocycles. The molecule has 0 aliphatic rings. The fourth-order valence-corrected chi connectivity index (χ4v) is 1.31. The van der Waals surface area contributed by atoms with Crippen LogP contribution in [0, 0.1) is 17.1 Å². The molecule has 0 radical (unpaired) electrons. The minimum absolute atomic E-state index is 0.332. The third-order valence-corrected chi connectivity index (χ3v) is 2.14. The zero-order valence-electron chi connectivity index (χ0n) is 9.46. The van der Waals surface area contributed by atoms with Crippen LogP contribution in [0.1, 0.15) is 20.3 Å². The van der Waals surface area contributed by atoms with E-state index in [-0.39, 0.29) is 11.9 Å². The second kappa shape index (κ2) is 5.96. The number of benzene rings is 1. The maximum Gasteiger partial charge on any atom is 0.142 e. The maximum atomic E-state index is 13.1. The Morgan fingerprint density at radius 1 is 1.50 bits per heavy atom. The molecule has 0 bridgehead atoms. The number of hydrogen-bond acceptors (Lipinski definition) is 3. The number of nitrogens with zero attached hydrogens (tertiary/aromatic N) is 1. The molecular weight excluding hydrogens is 207 g/mol. The van der Waals surface area contributed by atoms with Gasteiger partial charge in [-0.3, -0.25) is 0 Å². The number of rotatable bonds is 5. The van der Waals surface area contributed by atoms with E-state index in [1.807, 2.05) is 13.8 Å². The smallest absolute Gasteiger partial charge is 0.142 e. The van der Waals surface area contributed by atoms with Gasteiger partial charge in [0.25, 0.3) is 0 Å². The number of anilines is 1. The Balaban J connectivity index is 2.91. The van der Waals surface area contributed by atoms with Crippen molar-refractivity contribution in [1.29, 1.82) is 5.26 Å². The Morgan fingerprint density at radius 3 is 2.81 bits per heavy atom. The van der Waals surface area contributed by atoms with E-state index < -0.39 is 0 Å². The molecule has 0 spiro atoms. The van der Waals surface area contributed by atoms with Crippen molar-refractivity contribution < 1.29 is 9.13 Å². The lowest BCUT2D eigenvalue weighted by Crippen LogP contribution is -2.16. The summed E-state index contributed by atoms with van der Waals surface area (Å²) in [5.74, 6) is 0.219. The molecule has 1 rings (SSSR count). The van der Waals surface area contributed by atoms with E-state index in [0.717, 1.165) is 0 Å². The molecule has 0 saturated heterocycles. The number of nitriles is 1. The van der Waals surface area contributed by atoms with Gasteiger partial charge in [0.2, 0.25) is 0 Å². The first-order chi connectivity index (χ1) is 7.71. The number of nitrogens with one attached hydrogen (secondary N) is 1. The minimum atomic E-state index is -0.348. The van der Waals surface area contributed by atoms with Crippen LogP contribution in [0.2, 0.25) is 0 Å². The molecule has 0 aliphatic heterocycles. The van der Waals surface area contributed by atoms with Crippen LogP contribution in [0.5, 0.6) is 5.75 Å². The number of halogens is 1. The lowest BCUT2D eigenvalue weighted by molar-refractivity contribution is 0.341. The molecule has 4 heteroatoms. The molecule has 1 aromatic rings. The summed E-state index contributed by atoms with van der Waals surface area (Å²) in [6.07, 6.45) is 0.651. The monoisotopic (exact) mass is 222 g/mol. The summed E-state index contributed by atoms with van der Waals surface area (Å²) in [6, 6.07) is 6.00. The summed E-state index contributed by atoms with van der Waals surface area (Å²) >= 11 is 0. The lowest BCUT2D eigenvalue weighted by Gasteiger charge is -2.15. The van der Waals surface area contributed by atoms with Crippen molar-refractivity contribution in [3.05, 3.63) is 24.0 Å². The van der Waals surface area contributed by atoms with E-state index in [1.165, 1.54) is 12.1 Å². The molecular formula is C12H15FN2O. The first kappa shape index (κ1) is 12.3. The average molecular weight is 222 g/mol. The average Bonchev–Trinajstić information content (AvgIpc) is 2.29. The Bertz CT molecular complexity index is 387. The van der Waals surface area contributed by atoms with Crippen LogP contribution in [-0.2, 0) is 0 Å². The van der Waals surface area contributed by atoms with Crippen LogP contribution < -0.4 is 10.1 Å². The summed E-state index contributed by atoms with van der Waals surface area (Å²) in [5, 5.41) is 11.8. The molecule has 3 nitrogen and oxygen atoms in total. The Hall–Kier alpha value is -1.76. The lowest BCUT2D eigenvalue weighted by atomic mass is 10.2. The normalized spacial score (nSPS) is 11.6. The Morgan fingerprint density at radius 2 is 2.25 bits per heavy atom. The molecule has 16 heavy (non-hydrogen) atoms. The van der Waals surface area contributed by atoms with E-state index in [4.69, 9.17) is 10.00 Å². The molecule has 0 saturated carbocycles. The van der Waals surface area contributed by atoms with Gasteiger partial charge in [-0.05, 0) is 25.5 Å². The van der Waals surface area contributed by atoms with E-state index in [2.05, 4.69) is 11.4 Å². The molecule has 1 atom stereocenters. The highest BCUT2D eigenvalue weighted by atomic mass is 19.1. The van der Waals surface area contributed by atoms with Gasteiger partial charge in [0.1, 0.15) is 17.6 Å². The Labute approximate surface area is 94.8 Å². The highest BCUT2D eigenvalue weighted by molar-refractivity contribution is 5.57. The van der Waals surface area contributed by atoms with Gasteiger partial charge in [-0.2, -0.15) is 5.26 Å². The van der Waals surface area contributed by atoms with E-state index in [1.54, 1.807) is 6.07 Å². The van der Waals surface area contributed by atoms with Crippen molar-refractivity contribution in [2.45, 2.75) is 26.3 Å². The quantitative estimate of drug-likeness (QED) is 0.833. The van der Waals surface area contributed by atoms with Gasteiger partial charge in [0, 0.05) is 6.07 Å². The second-order valence-corrected chi connectivity index (χ2v) is 3.31. The van der Waals surface area contributed by atoms with Gasteiger partial charge >= 0.3 is 0 Å². The predicted octanol–water partition coefficient (Wildman–Crippen LogP) is 2.94. The summed E-state index contributed by atoms with van der Waals surface area (Å²) in [6.45, 7) is 4.25. The van der Waals surface area contributed by atoms with Gasteiger partial charge in [0.15, 0.2) is 0 Å². The maximum absolute atomic E-state index is 13.1. The van der Waals surface area contributed by atoms with Crippen molar-refractivity contribution in [1.82, 2.24) is 0 Å². The molecule has 1 aromatic carbocycles. The predicted molar refractivity (Wildman–Crippen MR) is 60.9 cm³/mol. The summed E-state index contributed by atoms with van der Waals surface area (Å²) in [5.41, 5.74) is 0.523. The van der Waals surface area contributed by atoms with Gasteiger partial charge in [0.05, 0.1) is 18.4 Å². The van der Waals surface area contributed by atoms with E-state index >= 15 is 0 Å². The van der Waals surface area contributed by atoms with E-state index in [0.29, 0.717) is 24.5 Å². The van der Waals surface area contributed by atoms with Crippen LogP contribution >= 0.6 is 0 Å². The number of hydrogen-bond donors (Lipinski definition) is 1. The zero-order chi connectivity index (χ0) is 12.0. The third kappa shape index (κ3) is 3.13. The summed E-state index contributed by atoms with van der Waals surface area (Å²) in [7, 11) is 0. The molecule has 0 fully saturated rings. The van der Waals surface area contributed by atoms with Gasteiger partial charge in [-0.25, -0.2) is 4.39 Å². The molecule has 0 aromatic heterocycles. The standard InChI is InChI=1S/C12H15FN2O/c1-3-10(8-14)15-11-7-9(13)5-6-12(11)16-4-2/h5-7,10,15H,3-4H2,1-2H3. The van der Waals surface area contributed by atoms with Crippen molar-refractivity contribution in [2.75, 3.05) is 11.9 Å². The fraction of sp³-hybridized carbons (Fsp3) is 0.417. The zero-order valence-corrected chi connectivity index (χ0v) is 9.46. The van der Waals surface area contributed by atoms with Crippen LogP contribution in [-0.4, -0.2) is 12.6 Å². The second-order valence-electron chi connectivity index (χ2n) is 3.31. The van der Waals surface area contributed by atoms with Gasteiger partial charge in [-0.15, -0.1) is 0 Å². The summed E-state index contributed by atoms with van der Waals surface area (Å²) < 4.78 is 18.4. The molecule has 1 N–H and O–H groups in total. The molecule has 0 amide bonds. The van der Waals surface area contributed by atoms with Crippen molar-refractivity contribution >= 4 is 5.69 Å². The van der Waals surface area contributed by atoms with Crippen LogP contribution in [0.4, 0.5) is 10.1 Å². The molecule has 86 valence electrons. The fourth-order valence-electron chi connectivity index (χ4n) is 1.31. The van der Waals surface area contributed by atoms with Crippen LogP contribution in [0.25, 0.3) is 0 Å². The first-order valence-electron chi connectivity index (χ1n) is 5.29. The van der Waals surface area contributed by atoms with Crippen LogP contribution in [0.3, 0.4) is 0 Å². The van der Waals surface area contributed by atoms with Crippen molar-refractivity contribution in [2.24, 2.45) is 0 Å². The van der Waals surface area contributed by atoms with Gasteiger partial charge < -0.3 is 10.1 Å². The summed E-state index contributed by atoms with van der Waals surface area (Å²) in [4.78, 5) is 0. The topological polar surface area (TPSA) is 45.0 Å². The van der Waals surface area contributed by atoms with Crippen molar-refractivity contribution in [3.63, 3.8) is 0 Å². The SMILES string of the molecule is CCOc1ccc(F)cc1NC(C#N)CC. The third-order valence-electron chi connectivity index (χ3n) is 2.14. The number of ether oxygens (including phenoxy) is 1. The van der Waals surface area contributed by atoms with Crippen molar-refractivity contribution in [3.8, 4) is 11.8 Å². The van der Waals surface area contributed by atoms with Crippen LogP contribution in [0.15, 0.2) is 18.2 Å². The first-order valence-corrected chi connectivity index (χ1v) is 5.29. The van der Waals surface area contributed by atoms with E-state index in [9.17, 15) is 4.39 Å². The highest BCUT2D eigenvalue weighted by Crippen LogP contribution is 2.26. The Kier molecular flexibility index (Phi) is 4.59. The molecule has 0 heterocycles. The largest absolute Gasteiger partial charge is 0.492 e.